The molecule has 20 heavy (non-hydrogen) atoms. The normalized spacial score (nSPS) is 19.1. The Kier molecular flexibility index (Phi) is 3.78. The molecule has 6 nitrogen and oxygen atoms in total. The predicted octanol–water partition coefficient (Wildman–Crippen LogP) is 1.87. The van der Waals surface area contributed by atoms with Crippen molar-refractivity contribution in [1.29, 1.82) is 0 Å². The van der Waals surface area contributed by atoms with E-state index in [9.17, 15) is 4.79 Å². The zero-order valence-electron chi connectivity index (χ0n) is 11.5. The molecule has 0 bridgehead atoms. The topological polar surface area (TPSA) is 66.3 Å². The van der Waals surface area contributed by atoms with Crippen molar-refractivity contribution in [3.05, 3.63) is 22.4 Å². The SMILES string of the molecule is Cc1nc(N2CCCC2CCCBr)cc2n[nH]c(=O)n12. The van der Waals surface area contributed by atoms with Gasteiger partial charge < -0.3 is 4.90 Å². The fourth-order valence-electron chi connectivity index (χ4n) is 2.98. The molecule has 1 aliphatic rings. The molecule has 1 unspecified atom stereocenters. The van der Waals surface area contributed by atoms with Gasteiger partial charge in [-0.1, -0.05) is 15.9 Å². The first-order valence-corrected chi connectivity index (χ1v) is 8.10. The van der Waals surface area contributed by atoms with Gasteiger partial charge >= 0.3 is 5.69 Å². The van der Waals surface area contributed by atoms with Crippen LogP contribution in [0, 0.1) is 6.92 Å². The second-order valence-electron chi connectivity index (χ2n) is 5.20. The van der Waals surface area contributed by atoms with Gasteiger partial charge in [0.05, 0.1) is 0 Å². The summed E-state index contributed by atoms with van der Waals surface area (Å²) in [6, 6.07) is 2.45. The van der Waals surface area contributed by atoms with Crippen LogP contribution in [0.1, 0.15) is 31.5 Å². The van der Waals surface area contributed by atoms with E-state index in [1.54, 1.807) is 0 Å². The van der Waals surface area contributed by atoms with Gasteiger partial charge in [-0.05, 0) is 32.6 Å². The summed E-state index contributed by atoms with van der Waals surface area (Å²) in [5, 5.41) is 7.56. The number of aromatic nitrogens is 4. The maximum Gasteiger partial charge on any atom is 0.349 e. The van der Waals surface area contributed by atoms with Crippen LogP contribution in [-0.4, -0.2) is 37.5 Å². The van der Waals surface area contributed by atoms with E-state index in [-0.39, 0.29) is 5.69 Å². The Labute approximate surface area is 125 Å². The Hall–Kier alpha value is -1.37. The summed E-state index contributed by atoms with van der Waals surface area (Å²) in [5.41, 5.74) is 0.414. The quantitative estimate of drug-likeness (QED) is 0.863. The van der Waals surface area contributed by atoms with Crippen LogP contribution in [0.3, 0.4) is 0 Å². The predicted molar refractivity (Wildman–Crippen MR) is 81.7 cm³/mol. The molecule has 0 aromatic carbocycles. The molecule has 3 heterocycles. The molecule has 2 aromatic rings. The second-order valence-corrected chi connectivity index (χ2v) is 6.00. The highest BCUT2D eigenvalue weighted by Gasteiger charge is 2.26. The maximum absolute atomic E-state index is 11.6. The van der Waals surface area contributed by atoms with Crippen LogP contribution in [0.4, 0.5) is 5.82 Å². The van der Waals surface area contributed by atoms with Crippen molar-refractivity contribution in [3.8, 4) is 0 Å². The molecular formula is C13H18BrN5O. The number of anilines is 1. The lowest BCUT2D eigenvalue weighted by Crippen LogP contribution is -2.30. The smallest absolute Gasteiger partial charge is 0.349 e. The molecule has 3 rings (SSSR count). The molecule has 0 saturated carbocycles. The number of halogens is 1. The van der Waals surface area contributed by atoms with Crippen molar-refractivity contribution < 1.29 is 0 Å². The number of hydrogen-bond donors (Lipinski definition) is 1. The van der Waals surface area contributed by atoms with Crippen molar-refractivity contribution in [2.75, 3.05) is 16.8 Å². The van der Waals surface area contributed by atoms with Crippen molar-refractivity contribution in [2.45, 2.75) is 38.6 Å². The van der Waals surface area contributed by atoms with Gasteiger partial charge in [-0.2, -0.15) is 5.10 Å². The van der Waals surface area contributed by atoms with Crippen LogP contribution in [-0.2, 0) is 0 Å². The highest BCUT2D eigenvalue weighted by molar-refractivity contribution is 9.09. The molecule has 1 N–H and O–H groups in total. The summed E-state index contributed by atoms with van der Waals surface area (Å²) >= 11 is 3.49. The standard InChI is InChI=1S/C13H18BrN5O/c1-9-15-11(8-12-16-17-13(20)19(9)12)18-7-3-5-10(18)4-2-6-14/h8,10H,2-7H2,1H3,(H,17,20). The molecule has 0 aliphatic carbocycles. The number of nitrogens with one attached hydrogen (secondary N) is 1. The first-order chi connectivity index (χ1) is 9.70. The van der Waals surface area contributed by atoms with Crippen LogP contribution in [0.25, 0.3) is 5.65 Å². The van der Waals surface area contributed by atoms with Gasteiger partial charge in [0.1, 0.15) is 11.6 Å². The fourth-order valence-corrected chi connectivity index (χ4v) is 3.30. The minimum Gasteiger partial charge on any atom is -0.353 e. The Morgan fingerprint density at radius 1 is 1.55 bits per heavy atom. The van der Waals surface area contributed by atoms with E-state index < -0.39 is 0 Å². The van der Waals surface area contributed by atoms with Crippen molar-refractivity contribution >= 4 is 27.4 Å². The van der Waals surface area contributed by atoms with Gasteiger partial charge in [-0.25, -0.2) is 19.3 Å². The Morgan fingerprint density at radius 2 is 2.40 bits per heavy atom. The Bertz CT molecular complexity index is 664. The number of aromatic amines is 1. The summed E-state index contributed by atoms with van der Waals surface area (Å²) in [7, 11) is 0. The van der Waals surface area contributed by atoms with Gasteiger partial charge in [0, 0.05) is 24.0 Å². The highest BCUT2D eigenvalue weighted by atomic mass is 79.9. The first-order valence-electron chi connectivity index (χ1n) is 6.98. The second kappa shape index (κ2) is 5.55. The Morgan fingerprint density at radius 3 is 3.20 bits per heavy atom. The van der Waals surface area contributed by atoms with Crippen molar-refractivity contribution in [1.82, 2.24) is 19.6 Å². The van der Waals surface area contributed by atoms with E-state index in [2.05, 4.69) is 36.0 Å². The molecule has 1 aliphatic heterocycles. The lowest BCUT2D eigenvalue weighted by Gasteiger charge is -2.25. The summed E-state index contributed by atoms with van der Waals surface area (Å²) in [6.45, 7) is 2.88. The van der Waals surface area contributed by atoms with E-state index in [1.807, 2.05) is 13.0 Å². The molecule has 2 aromatic heterocycles. The maximum atomic E-state index is 11.6. The minimum absolute atomic E-state index is 0.228. The average molecular weight is 340 g/mol. The van der Waals surface area contributed by atoms with Gasteiger partial charge in [-0.3, -0.25) is 0 Å². The number of alkyl halides is 1. The minimum atomic E-state index is -0.228. The molecule has 0 spiro atoms. The first kappa shape index (κ1) is 13.6. The number of rotatable bonds is 4. The van der Waals surface area contributed by atoms with Gasteiger partial charge in [0.25, 0.3) is 0 Å². The Balaban J connectivity index is 1.95. The van der Waals surface area contributed by atoms with Gasteiger partial charge in [-0.15, -0.1) is 0 Å². The van der Waals surface area contributed by atoms with E-state index in [1.165, 1.54) is 30.1 Å². The van der Waals surface area contributed by atoms with Crippen LogP contribution in [0.5, 0.6) is 0 Å². The third-order valence-electron chi connectivity index (χ3n) is 3.90. The van der Waals surface area contributed by atoms with E-state index >= 15 is 0 Å². The third-order valence-corrected chi connectivity index (χ3v) is 4.46. The fraction of sp³-hybridized carbons (Fsp3) is 0.615. The van der Waals surface area contributed by atoms with Gasteiger partial charge in [0.15, 0.2) is 5.65 Å². The zero-order chi connectivity index (χ0) is 14.1. The zero-order valence-corrected chi connectivity index (χ0v) is 13.1. The van der Waals surface area contributed by atoms with Crippen LogP contribution in [0.2, 0.25) is 0 Å². The molecule has 0 radical (unpaired) electrons. The molecule has 1 fully saturated rings. The van der Waals surface area contributed by atoms with Crippen LogP contribution >= 0.6 is 15.9 Å². The van der Waals surface area contributed by atoms with Crippen LogP contribution in [0.15, 0.2) is 10.9 Å². The molecule has 108 valence electrons. The summed E-state index contributed by atoms with van der Waals surface area (Å²) in [4.78, 5) is 18.6. The highest BCUT2D eigenvalue weighted by Crippen LogP contribution is 2.27. The monoisotopic (exact) mass is 339 g/mol. The van der Waals surface area contributed by atoms with E-state index in [0.717, 1.165) is 17.7 Å². The summed E-state index contributed by atoms with van der Waals surface area (Å²) < 4.78 is 1.51. The van der Waals surface area contributed by atoms with E-state index in [4.69, 9.17) is 0 Å². The summed E-state index contributed by atoms with van der Waals surface area (Å²) in [5.74, 6) is 1.62. The lowest BCUT2D eigenvalue weighted by atomic mass is 10.1. The molecular weight excluding hydrogens is 322 g/mol. The molecule has 7 heteroatoms. The average Bonchev–Trinajstić information content (AvgIpc) is 3.03. The van der Waals surface area contributed by atoms with Gasteiger partial charge in [0.2, 0.25) is 0 Å². The number of hydrogen-bond acceptors (Lipinski definition) is 4. The number of fused-ring (bicyclic) bond motifs is 1. The molecule has 1 atom stereocenters. The molecule has 1 saturated heterocycles. The molecule has 0 amide bonds. The van der Waals surface area contributed by atoms with Crippen molar-refractivity contribution in [2.24, 2.45) is 0 Å². The third kappa shape index (κ3) is 2.34. The number of H-pyrrole nitrogens is 1. The lowest BCUT2D eigenvalue weighted by molar-refractivity contribution is 0.599. The largest absolute Gasteiger partial charge is 0.353 e. The number of aryl methyl sites for hydroxylation is 1. The summed E-state index contributed by atoms with van der Waals surface area (Å²) in [6.07, 6.45) is 4.76. The van der Waals surface area contributed by atoms with E-state index in [0.29, 0.717) is 17.5 Å². The number of nitrogens with zero attached hydrogens (tertiary/aromatic N) is 4. The van der Waals surface area contributed by atoms with Crippen LogP contribution < -0.4 is 10.6 Å². The van der Waals surface area contributed by atoms with Crippen molar-refractivity contribution in [3.63, 3.8) is 0 Å².